The standard InChI is InChI=1S/C20H17Cl2FN2O4.C20H17Cl2FN2O3.C19H15Cl3N2O3.C19H15Cl2FN2O3.H2S/c1-25-16-5-4-13(21)19(22)12(16)8-17(25)20(29)24-15(9-26)11-3-2-10(6-14(11)23)7-18(27)28;1-10(12-4-3-11(7-15(12)23)8-18(26)27)24-20(28)17-9-13-16(25(17)2)6-5-14(21)19(13)22;1-9(11-4-3-10(19(26)27)7-14(11)21)23-18(25)16-8-12-15(24(16)2)6-5-13(20)17(12)22;1-9(11-4-3-10(19(26)27)7-14(11)22)23-18(25)16-8-12-15(24(16)2)6-5-13(20)17(12)21;/h2-6,8,15,26H,7,9H2,1H3,(H,24,29)(H,27,28);3-7,9-10H,8H2,1-2H3,(H,24,28)(H,26,27);2*3-9H,1-2H3,(H,23,25)(H,26,27);1H2/t15-;;;;/m1..../s1. The predicted molar refractivity (Wildman–Crippen MR) is 434 cm³/mol. The molecule has 34 heteroatoms. The van der Waals surface area contributed by atoms with Gasteiger partial charge in [-0.15, -0.1) is 0 Å². The van der Waals surface area contributed by atoms with E-state index in [0.717, 1.165) is 28.7 Å². The third-order valence-electron chi connectivity index (χ3n) is 18.0. The Morgan fingerprint density at radius 1 is 0.357 bits per heavy atom. The molecule has 12 aromatic rings. The van der Waals surface area contributed by atoms with Gasteiger partial charge in [0.15, 0.2) is 0 Å². The number of carboxylic acids is 4. The lowest BCUT2D eigenvalue weighted by atomic mass is 10.0. The lowest BCUT2D eigenvalue weighted by Gasteiger charge is -2.18. The zero-order valence-corrected chi connectivity index (χ0v) is 67.4. The first-order chi connectivity index (χ1) is 52.3. The molecule has 3 unspecified atom stereocenters. The summed E-state index contributed by atoms with van der Waals surface area (Å²) in [6.45, 7) is 4.49. The Bertz CT molecular complexity index is 5580. The molecule has 0 aliphatic rings. The molecule has 0 aliphatic carbocycles. The van der Waals surface area contributed by atoms with E-state index in [4.69, 9.17) is 125 Å². The minimum Gasteiger partial charge on any atom is -0.481 e. The molecule has 0 radical (unpaired) electrons. The summed E-state index contributed by atoms with van der Waals surface area (Å²) in [6.07, 6.45) is -0.593. The van der Waals surface area contributed by atoms with Crippen molar-refractivity contribution >= 4 is 209 Å². The van der Waals surface area contributed by atoms with Crippen LogP contribution < -0.4 is 21.3 Å². The number of benzene rings is 8. The van der Waals surface area contributed by atoms with Crippen LogP contribution in [0.15, 0.2) is 146 Å². The fourth-order valence-electron chi connectivity index (χ4n) is 12.1. The zero-order valence-electron chi connectivity index (χ0n) is 59.6. The van der Waals surface area contributed by atoms with E-state index >= 15 is 0 Å². The van der Waals surface area contributed by atoms with E-state index in [2.05, 4.69) is 21.3 Å². The molecule has 12 rings (SSSR count). The van der Waals surface area contributed by atoms with Gasteiger partial charge in [-0.3, -0.25) is 28.8 Å². The van der Waals surface area contributed by atoms with E-state index in [-0.39, 0.29) is 76.3 Å². The molecule has 0 aliphatic heterocycles. The SMILES string of the molecule is CC(NC(=O)c1cc2c(Cl)c(Cl)ccc2n1C)c1ccc(C(=O)O)cc1Cl.CC(NC(=O)c1cc2c(Cl)c(Cl)ccc2n1C)c1ccc(C(=O)O)cc1F.CC(NC(=O)c1cc2c(Cl)c(Cl)ccc2n1C)c1ccc(CC(=O)O)cc1F.Cn1c(C(=O)N[C@H](CO)c2ccc(CC(=O)O)cc2F)cc2c(Cl)c(Cl)ccc21.S. The van der Waals surface area contributed by atoms with Gasteiger partial charge in [0.05, 0.1) is 94.9 Å². The van der Waals surface area contributed by atoms with Gasteiger partial charge in [0.1, 0.15) is 40.2 Å². The number of carbonyl (C=O) groups is 8. The number of hydrogen-bond donors (Lipinski definition) is 9. The number of aromatic nitrogens is 4. The van der Waals surface area contributed by atoms with Crippen molar-refractivity contribution < 1.29 is 77.1 Å². The highest BCUT2D eigenvalue weighted by molar-refractivity contribution is 7.59. The van der Waals surface area contributed by atoms with Crippen LogP contribution in [-0.4, -0.2) is 97.9 Å². The summed E-state index contributed by atoms with van der Waals surface area (Å²) in [7, 11) is 6.89. The number of aryl methyl sites for hydroxylation is 4. The third-order valence-corrected chi connectivity index (χ3v) is 21.6. The van der Waals surface area contributed by atoms with Gasteiger partial charge in [-0.1, -0.05) is 141 Å². The van der Waals surface area contributed by atoms with Crippen molar-refractivity contribution in [2.24, 2.45) is 28.2 Å². The summed E-state index contributed by atoms with van der Waals surface area (Å²) in [4.78, 5) is 94.4. The number of carbonyl (C=O) groups excluding carboxylic acids is 4. The number of hydrogen-bond acceptors (Lipinski definition) is 9. The van der Waals surface area contributed by atoms with E-state index in [9.17, 15) is 56.6 Å². The maximum absolute atomic E-state index is 14.4. The Balaban J connectivity index is 0.000000187. The molecule has 0 saturated carbocycles. The lowest BCUT2D eigenvalue weighted by Crippen LogP contribution is -2.32. The van der Waals surface area contributed by atoms with Crippen molar-refractivity contribution in [3.8, 4) is 0 Å². The minimum absolute atomic E-state index is 0. The van der Waals surface area contributed by atoms with Gasteiger partial charge in [-0.25, -0.2) is 22.8 Å². The molecule has 4 aromatic heterocycles. The molecule has 4 heterocycles. The van der Waals surface area contributed by atoms with Crippen LogP contribution >= 0.6 is 118 Å². The lowest BCUT2D eigenvalue weighted by molar-refractivity contribution is -0.137. The normalized spacial score (nSPS) is 12.1. The zero-order chi connectivity index (χ0) is 81.6. The van der Waals surface area contributed by atoms with Gasteiger partial charge in [0, 0.05) is 93.5 Å². The molecule has 0 spiro atoms. The van der Waals surface area contributed by atoms with Crippen LogP contribution in [0.2, 0.25) is 45.2 Å². The average molecular weight is 1730 g/mol. The smallest absolute Gasteiger partial charge is 0.335 e. The van der Waals surface area contributed by atoms with Crippen molar-refractivity contribution in [1.29, 1.82) is 0 Å². The van der Waals surface area contributed by atoms with E-state index in [0.29, 0.717) is 95.5 Å². The molecular weight excluding hydrogens is 1670 g/mol. The second kappa shape index (κ2) is 37.4. The van der Waals surface area contributed by atoms with Crippen LogP contribution in [-0.2, 0) is 50.6 Å². The van der Waals surface area contributed by atoms with Crippen molar-refractivity contribution in [2.45, 2.75) is 57.8 Å². The number of aliphatic hydroxyl groups is 1. The van der Waals surface area contributed by atoms with Crippen LogP contribution in [0.25, 0.3) is 43.6 Å². The van der Waals surface area contributed by atoms with Gasteiger partial charge in [-0.2, -0.15) is 13.5 Å². The average Bonchev–Trinajstić information content (AvgIpc) is 1.65. The number of aromatic carboxylic acids is 2. The van der Waals surface area contributed by atoms with Gasteiger partial charge in [0.25, 0.3) is 23.6 Å². The molecule has 8 aromatic carbocycles. The topological polar surface area (TPSA) is 306 Å². The predicted octanol–water partition coefficient (Wildman–Crippen LogP) is 18.7. The summed E-state index contributed by atoms with van der Waals surface area (Å²) in [5, 5.41) is 62.0. The quantitative estimate of drug-likeness (QED) is 0.0364. The van der Waals surface area contributed by atoms with E-state index in [1.807, 2.05) is 0 Å². The van der Waals surface area contributed by atoms with Gasteiger partial charge in [-0.05, 0) is 147 Å². The summed E-state index contributed by atoms with van der Waals surface area (Å²) >= 11 is 55.2. The fourth-order valence-corrected chi connectivity index (χ4v) is 14.0. The molecule has 112 heavy (non-hydrogen) atoms. The molecule has 0 saturated heterocycles. The van der Waals surface area contributed by atoms with Crippen LogP contribution in [0.1, 0.15) is 141 Å². The van der Waals surface area contributed by atoms with Crippen LogP contribution in [0.3, 0.4) is 0 Å². The largest absolute Gasteiger partial charge is 0.481 e. The molecule has 0 bridgehead atoms. The van der Waals surface area contributed by atoms with Crippen LogP contribution in [0.5, 0.6) is 0 Å². The monoisotopic (exact) mass is 1730 g/mol. The highest BCUT2D eigenvalue weighted by Crippen LogP contribution is 2.38. The summed E-state index contributed by atoms with van der Waals surface area (Å²) < 4.78 is 49.7. The Kier molecular flexibility index (Phi) is 29.3. The van der Waals surface area contributed by atoms with Gasteiger partial charge >= 0.3 is 23.9 Å². The number of halogens is 12. The Morgan fingerprint density at radius 2 is 0.634 bits per heavy atom. The Morgan fingerprint density at radius 3 is 0.920 bits per heavy atom. The Hall–Kier alpha value is -9.61. The highest BCUT2D eigenvalue weighted by atomic mass is 35.5. The van der Waals surface area contributed by atoms with Crippen molar-refractivity contribution in [1.82, 2.24) is 39.5 Å². The first kappa shape index (κ1) is 88.0. The summed E-state index contributed by atoms with van der Waals surface area (Å²) in [6, 6.07) is 33.5. The number of fused-ring (bicyclic) bond motifs is 4. The second-order valence-electron chi connectivity index (χ2n) is 25.3. The van der Waals surface area contributed by atoms with Crippen molar-refractivity contribution in [2.75, 3.05) is 6.61 Å². The second-order valence-corrected chi connectivity index (χ2v) is 28.8. The number of amides is 4. The first-order valence-electron chi connectivity index (χ1n) is 33.0. The highest BCUT2D eigenvalue weighted by Gasteiger charge is 2.27. The van der Waals surface area contributed by atoms with Crippen LogP contribution in [0, 0.1) is 17.5 Å². The molecule has 9 N–H and O–H groups in total. The molecule has 586 valence electrons. The third kappa shape index (κ3) is 19.7. The van der Waals surface area contributed by atoms with E-state index < -0.39 is 89.8 Å². The fraction of sp³-hybridized carbons (Fsp3) is 0.179. The molecule has 4 amide bonds. The number of aliphatic carboxylic acids is 2. The van der Waals surface area contributed by atoms with E-state index in [1.54, 1.807) is 146 Å². The van der Waals surface area contributed by atoms with Crippen molar-refractivity contribution in [3.63, 3.8) is 0 Å². The van der Waals surface area contributed by atoms with Crippen LogP contribution in [0.4, 0.5) is 13.2 Å². The molecule has 0 fully saturated rings. The van der Waals surface area contributed by atoms with E-state index in [1.165, 1.54) is 54.6 Å². The molecular formula is C78H66Cl9F3N8O13S. The first-order valence-corrected chi connectivity index (χ1v) is 36.4. The van der Waals surface area contributed by atoms with Gasteiger partial charge in [0.2, 0.25) is 0 Å². The van der Waals surface area contributed by atoms with Crippen molar-refractivity contribution in [3.05, 3.63) is 276 Å². The van der Waals surface area contributed by atoms with Gasteiger partial charge < -0.3 is 65.1 Å². The number of aliphatic hydroxyl groups excluding tert-OH is 1. The maximum atomic E-state index is 14.4. The Labute approximate surface area is 688 Å². The molecule has 4 atom stereocenters. The summed E-state index contributed by atoms with van der Waals surface area (Å²) in [5.74, 6) is -8.06. The molecule has 21 nitrogen and oxygen atoms in total. The number of nitrogens with zero attached hydrogens (tertiary/aromatic N) is 4. The number of carboxylic acid groups (broad SMARTS) is 4. The summed E-state index contributed by atoms with van der Waals surface area (Å²) in [5.41, 5.74) is 6.00. The maximum Gasteiger partial charge on any atom is 0.335 e. The number of rotatable bonds is 19. The number of nitrogens with one attached hydrogen (secondary N) is 4. The minimum atomic E-state index is -1.22.